The van der Waals surface area contributed by atoms with E-state index in [4.69, 9.17) is 0 Å². The number of rotatable bonds is 3. The maximum atomic E-state index is 3.82. The van der Waals surface area contributed by atoms with Crippen molar-refractivity contribution in [2.45, 2.75) is 33.1 Å². The predicted molar refractivity (Wildman–Crippen MR) is 59.2 cm³/mol. The van der Waals surface area contributed by atoms with Crippen LogP contribution in [0, 0.1) is 6.92 Å². The van der Waals surface area contributed by atoms with Crippen molar-refractivity contribution in [2.75, 3.05) is 0 Å². The first-order valence-electron chi connectivity index (χ1n) is 4.90. The summed E-state index contributed by atoms with van der Waals surface area (Å²) in [6, 6.07) is 6.77. The zero-order chi connectivity index (χ0) is 9.84. The van der Waals surface area contributed by atoms with Gasteiger partial charge in [-0.25, -0.2) is 0 Å². The molecule has 1 rings (SSSR count). The predicted octanol–water partition coefficient (Wildman–Crippen LogP) is 3.85. The monoisotopic (exact) mass is 174 g/mol. The van der Waals surface area contributed by atoms with E-state index in [0.717, 1.165) is 6.42 Å². The van der Waals surface area contributed by atoms with Crippen LogP contribution in [0.25, 0.3) is 0 Å². The minimum atomic E-state index is 0.463. The Bertz CT molecular complexity index is 297. The van der Waals surface area contributed by atoms with E-state index in [1.54, 1.807) is 0 Å². The number of allylic oxidation sites excluding steroid dienone is 1. The molecule has 0 aliphatic carbocycles. The van der Waals surface area contributed by atoms with Crippen molar-refractivity contribution in [2.24, 2.45) is 0 Å². The highest BCUT2D eigenvalue weighted by atomic mass is 14.1. The van der Waals surface area contributed by atoms with E-state index in [-0.39, 0.29) is 0 Å². The van der Waals surface area contributed by atoms with Crippen LogP contribution in [0.2, 0.25) is 0 Å². The maximum Gasteiger partial charge on any atom is -0.00129 e. The Labute approximate surface area is 81.3 Å². The van der Waals surface area contributed by atoms with Crippen LogP contribution in [-0.2, 0) is 6.42 Å². The minimum Gasteiger partial charge on any atom is -0.102 e. The van der Waals surface area contributed by atoms with Crippen LogP contribution in [0.1, 0.15) is 36.5 Å². The van der Waals surface area contributed by atoms with Crippen LogP contribution in [0.3, 0.4) is 0 Å². The molecule has 0 amide bonds. The smallest absolute Gasteiger partial charge is 0.00129 e. The Kier molecular flexibility index (Phi) is 3.30. The van der Waals surface area contributed by atoms with Gasteiger partial charge in [0, 0.05) is 0 Å². The average molecular weight is 174 g/mol. The molecule has 1 atom stereocenters. The summed E-state index contributed by atoms with van der Waals surface area (Å²) in [5, 5.41) is 0. The summed E-state index contributed by atoms with van der Waals surface area (Å²) >= 11 is 0. The molecule has 1 aromatic carbocycles. The van der Waals surface area contributed by atoms with Crippen molar-refractivity contribution in [3.63, 3.8) is 0 Å². The van der Waals surface area contributed by atoms with Gasteiger partial charge in [-0.3, -0.25) is 0 Å². The molecular weight excluding hydrogens is 156 g/mol. The highest BCUT2D eigenvalue weighted by Gasteiger charge is 2.02. The summed E-state index contributed by atoms with van der Waals surface area (Å²) in [5.74, 6) is 0.463. The molecule has 0 heterocycles. The third kappa shape index (κ3) is 2.45. The van der Waals surface area contributed by atoms with E-state index in [9.17, 15) is 0 Å². The lowest BCUT2D eigenvalue weighted by Gasteiger charge is -2.09. The maximum absolute atomic E-state index is 3.82. The van der Waals surface area contributed by atoms with Crippen LogP contribution < -0.4 is 0 Å². The lowest BCUT2D eigenvalue weighted by molar-refractivity contribution is 0.957. The Morgan fingerprint density at radius 3 is 2.62 bits per heavy atom. The third-order valence-electron chi connectivity index (χ3n) is 2.45. The molecule has 0 aromatic heterocycles. The van der Waals surface area contributed by atoms with Crippen molar-refractivity contribution >= 4 is 0 Å². The summed E-state index contributed by atoms with van der Waals surface area (Å²) in [5.41, 5.74) is 4.15. The van der Waals surface area contributed by atoms with Crippen LogP contribution >= 0.6 is 0 Å². The molecule has 0 aliphatic heterocycles. The average Bonchev–Trinajstić information content (AvgIpc) is 2.15. The molecule has 1 aromatic rings. The molecule has 13 heavy (non-hydrogen) atoms. The van der Waals surface area contributed by atoms with Gasteiger partial charge < -0.3 is 0 Å². The number of aryl methyl sites for hydroxylation is 2. The first-order chi connectivity index (χ1) is 6.17. The zero-order valence-corrected chi connectivity index (χ0v) is 8.80. The largest absolute Gasteiger partial charge is 0.102 e. The molecule has 0 saturated heterocycles. The molecule has 0 N–H and O–H groups in total. The molecular formula is C13H18. The first kappa shape index (κ1) is 10.0. The van der Waals surface area contributed by atoms with Gasteiger partial charge in [0.1, 0.15) is 0 Å². The van der Waals surface area contributed by atoms with Gasteiger partial charge in [-0.2, -0.15) is 0 Å². The number of hydrogen-bond donors (Lipinski definition) is 0. The number of benzene rings is 1. The fraction of sp³-hybridized carbons (Fsp3) is 0.385. The zero-order valence-electron chi connectivity index (χ0n) is 8.80. The lowest BCUT2D eigenvalue weighted by Crippen LogP contribution is -1.92. The highest BCUT2D eigenvalue weighted by molar-refractivity contribution is 5.33. The van der Waals surface area contributed by atoms with Crippen LogP contribution in [0.5, 0.6) is 0 Å². The Morgan fingerprint density at radius 1 is 1.38 bits per heavy atom. The second-order valence-electron chi connectivity index (χ2n) is 3.63. The van der Waals surface area contributed by atoms with E-state index in [2.05, 4.69) is 45.5 Å². The number of hydrogen-bond acceptors (Lipinski definition) is 0. The van der Waals surface area contributed by atoms with Crippen LogP contribution in [-0.4, -0.2) is 0 Å². The first-order valence-corrected chi connectivity index (χ1v) is 4.90. The second-order valence-corrected chi connectivity index (χ2v) is 3.63. The molecule has 0 saturated carbocycles. The van der Waals surface area contributed by atoms with Crippen molar-refractivity contribution in [1.29, 1.82) is 0 Å². The van der Waals surface area contributed by atoms with Gasteiger partial charge in [0.15, 0.2) is 0 Å². The summed E-state index contributed by atoms with van der Waals surface area (Å²) in [7, 11) is 0. The molecule has 70 valence electrons. The van der Waals surface area contributed by atoms with Crippen molar-refractivity contribution in [3.05, 3.63) is 47.5 Å². The molecule has 1 unspecified atom stereocenters. The summed E-state index contributed by atoms with van der Waals surface area (Å²) in [6.45, 7) is 10.3. The van der Waals surface area contributed by atoms with E-state index >= 15 is 0 Å². The lowest BCUT2D eigenvalue weighted by atomic mass is 9.96. The molecule has 0 spiro atoms. The fourth-order valence-corrected chi connectivity index (χ4v) is 1.50. The van der Waals surface area contributed by atoms with Gasteiger partial charge in [0.05, 0.1) is 0 Å². The molecule has 0 fully saturated rings. The minimum absolute atomic E-state index is 0.463. The SMILES string of the molecule is C=CC(C)c1cc(C)cc(CC)c1. The van der Waals surface area contributed by atoms with E-state index in [1.165, 1.54) is 16.7 Å². The Balaban J connectivity index is 3.07. The molecule has 0 nitrogen and oxygen atoms in total. The van der Waals surface area contributed by atoms with Gasteiger partial charge in [-0.05, 0) is 30.4 Å². The molecule has 0 heteroatoms. The summed E-state index contributed by atoms with van der Waals surface area (Å²) < 4.78 is 0. The van der Waals surface area contributed by atoms with Gasteiger partial charge >= 0.3 is 0 Å². The highest BCUT2D eigenvalue weighted by Crippen LogP contribution is 2.19. The van der Waals surface area contributed by atoms with Crippen molar-refractivity contribution < 1.29 is 0 Å². The van der Waals surface area contributed by atoms with E-state index < -0.39 is 0 Å². The molecule has 0 aliphatic rings. The second kappa shape index (κ2) is 4.27. The van der Waals surface area contributed by atoms with E-state index in [0.29, 0.717) is 5.92 Å². The van der Waals surface area contributed by atoms with Gasteiger partial charge in [0.2, 0.25) is 0 Å². The standard InChI is InChI=1S/C13H18/c1-5-11(4)13-8-10(3)7-12(6-2)9-13/h5,7-9,11H,1,6H2,2-4H3. The van der Waals surface area contributed by atoms with Gasteiger partial charge in [0.25, 0.3) is 0 Å². The quantitative estimate of drug-likeness (QED) is 0.611. The normalized spacial score (nSPS) is 12.5. The van der Waals surface area contributed by atoms with Crippen LogP contribution in [0.15, 0.2) is 30.9 Å². The summed E-state index contributed by atoms with van der Waals surface area (Å²) in [6.07, 6.45) is 3.10. The Morgan fingerprint density at radius 2 is 2.08 bits per heavy atom. The Hall–Kier alpha value is -1.04. The third-order valence-corrected chi connectivity index (χ3v) is 2.45. The molecule has 0 bridgehead atoms. The molecule has 0 radical (unpaired) electrons. The van der Waals surface area contributed by atoms with Crippen LogP contribution in [0.4, 0.5) is 0 Å². The van der Waals surface area contributed by atoms with Gasteiger partial charge in [-0.1, -0.05) is 43.7 Å². The van der Waals surface area contributed by atoms with Gasteiger partial charge in [-0.15, -0.1) is 6.58 Å². The van der Waals surface area contributed by atoms with Crippen molar-refractivity contribution in [1.82, 2.24) is 0 Å². The van der Waals surface area contributed by atoms with E-state index in [1.807, 2.05) is 6.08 Å². The van der Waals surface area contributed by atoms with Crippen molar-refractivity contribution in [3.8, 4) is 0 Å². The fourth-order valence-electron chi connectivity index (χ4n) is 1.50. The topological polar surface area (TPSA) is 0 Å². The summed E-state index contributed by atoms with van der Waals surface area (Å²) in [4.78, 5) is 0.